The fourth-order valence-corrected chi connectivity index (χ4v) is 3.14. The summed E-state index contributed by atoms with van der Waals surface area (Å²) in [7, 11) is 1.82. The summed E-state index contributed by atoms with van der Waals surface area (Å²) in [6.07, 6.45) is 4.45. The lowest BCUT2D eigenvalue weighted by molar-refractivity contribution is 0.0233. The van der Waals surface area contributed by atoms with E-state index in [-0.39, 0.29) is 17.9 Å². The van der Waals surface area contributed by atoms with Gasteiger partial charge in [0.05, 0.1) is 6.10 Å². The van der Waals surface area contributed by atoms with Gasteiger partial charge in [-0.1, -0.05) is 29.8 Å². The molecule has 1 aliphatic rings. The lowest BCUT2D eigenvalue weighted by atomic mass is 9.88. The Morgan fingerprint density at radius 3 is 2.74 bits per heavy atom. The van der Waals surface area contributed by atoms with Crippen molar-refractivity contribution in [3.63, 3.8) is 0 Å². The summed E-state index contributed by atoms with van der Waals surface area (Å²) in [4.78, 5) is 18.5. The van der Waals surface area contributed by atoms with Crippen molar-refractivity contribution in [3.8, 4) is 0 Å². The summed E-state index contributed by atoms with van der Waals surface area (Å²) in [6.45, 7) is 3.21. The summed E-state index contributed by atoms with van der Waals surface area (Å²) >= 11 is 0. The SMILES string of the molecule is Cc1ccc(C[C@@H]2CN(C(=O)c3nccn3C)CC[C@@H]2O)cc1. The molecule has 1 N–H and O–H groups in total. The highest BCUT2D eigenvalue weighted by Gasteiger charge is 2.31. The molecule has 1 saturated heterocycles. The van der Waals surface area contributed by atoms with E-state index in [0.29, 0.717) is 25.3 Å². The molecular formula is C18H23N3O2. The van der Waals surface area contributed by atoms with Crippen LogP contribution in [0.25, 0.3) is 0 Å². The number of rotatable bonds is 3. The minimum Gasteiger partial charge on any atom is -0.393 e. The summed E-state index contributed by atoms with van der Waals surface area (Å²) < 4.78 is 1.74. The number of aryl methyl sites for hydroxylation is 2. The van der Waals surface area contributed by atoms with Crippen LogP contribution in [-0.4, -0.2) is 44.7 Å². The maximum atomic E-state index is 12.6. The Kier molecular flexibility index (Phi) is 4.48. The first kappa shape index (κ1) is 15.7. The number of hydrogen-bond donors (Lipinski definition) is 1. The third-order valence-electron chi connectivity index (χ3n) is 4.61. The van der Waals surface area contributed by atoms with E-state index in [0.717, 1.165) is 6.42 Å². The van der Waals surface area contributed by atoms with Gasteiger partial charge in [0.2, 0.25) is 0 Å². The predicted molar refractivity (Wildman–Crippen MR) is 88.1 cm³/mol. The van der Waals surface area contributed by atoms with Crippen LogP contribution in [0.4, 0.5) is 0 Å². The minimum atomic E-state index is -0.360. The van der Waals surface area contributed by atoms with Gasteiger partial charge in [-0.3, -0.25) is 4.79 Å². The largest absolute Gasteiger partial charge is 0.393 e. The van der Waals surface area contributed by atoms with Crippen molar-refractivity contribution in [2.75, 3.05) is 13.1 Å². The Morgan fingerprint density at radius 1 is 1.35 bits per heavy atom. The van der Waals surface area contributed by atoms with E-state index in [1.54, 1.807) is 17.0 Å². The van der Waals surface area contributed by atoms with Crippen molar-refractivity contribution in [1.29, 1.82) is 0 Å². The smallest absolute Gasteiger partial charge is 0.289 e. The van der Waals surface area contributed by atoms with Crippen molar-refractivity contribution in [2.45, 2.75) is 25.9 Å². The van der Waals surface area contributed by atoms with E-state index in [1.807, 2.05) is 11.9 Å². The molecule has 0 saturated carbocycles. The Bertz CT molecular complexity index is 678. The second kappa shape index (κ2) is 6.54. The first-order valence-electron chi connectivity index (χ1n) is 8.05. The number of carbonyl (C=O) groups excluding carboxylic acids is 1. The van der Waals surface area contributed by atoms with E-state index in [1.165, 1.54) is 11.1 Å². The van der Waals surface area contributed by atoms with Crippen molar-refractivity contribution >= 4 is 5.91 Å². The number of imidazole rings is 1. The van der Waals surface area contributed by atoms with E-state index in [2.05, 4.69) is 36.2 Å². The van der Waals surface area contributed by atoms with Crippen molar-refractivity contribution in [2.24, 2.45) is 13.0 Å². The molecule has 1 amide bonds. The Hall–Kier alpha value is -2.14. The number of benzene rings is 1. The Balaban J connectivity index is 1.70. The Labute approximate surface area is 136 Å². The molecule has 23 heavy (non-hydrogen) atoms. The van der Waals surface area contributed by atoms with Gasteiger partial charge in [0, 0.05) is 38.4 Å². The molecule has 0 spiro atoms. The van der Waals surface area contributed by atoms with Crippen LogP contribution >= 0.6 is 0 Å². The first-order chi connectivity index (χ1) is 11.0. The van der Waals surface area contributed by atoms with E-state index in [4.69, 9.17) is 0 Å². The van der Waals surface area contributed by atoms with Gasteiger partial charge >= 0.3 is 0 Å². The zero-order valence-electron chi connectivity index (χ0n) is 13.6. The normalized spacial score (nSPS) is 21.4. The third kappa shape index (κ3) is 3.45. The van der Waals surface area contributed by atoms with E-state index >= 15 is 0 Å². The molecule has 3 rings (SSSR count). The molecule has 1 aliphatic heterocycles. The topological polar surface area (TPSA) is 58.4 Å². The maximum absolute atomic E-state index is 12.6. The highest BCUT2D eigenvalue weighted by Crippen LogP contribution is 2.23. The fraction of sp³-hybridized carbons (Fsp3) is 0.444. The molecular weight excluding hydrogens is 290 g/mol. The average Bonchev–Trinajstić information content (AvgIpc) is 2.97. The third-order valence-corrected chi connectivity index (χ3v) is 4.61. The van der Waals surface area contributed by atoms with E-state index < -0.39 is 0 Å². The maximum Gasteiger partial charge on any atom is 0.289 e. The number of carbonyl (C=O) groups is 1. The molecule has 0 aliphatic carbocycles. The van der Waals surface area contributed by atoms with Crippen LogP contribution < -0.4 is 0 Å². The van der Waals surface area contributed by atoms with Gasteiger partial charge in [0.15, 0.2) is 5.82 Å². The van der Waals surface area contributed by atoms with Gasteiger partial charge in [-0.25, -0.2) is 4.98 Å². The number of hydrogen-bond acceptors (Lipinski definition) is 3. The number of aliphatic hydroxyl groups excluding tert-OH is 1. The van der Waals surface area contributed by atoms with E-state index in [9.17, 15) is 9.90 Å². The summed E-state index contributed by atoms with van der Waals surface area (Å²) in [6, 6.07) is 8.37. The Morgan fingerprint density at radius 2 is 2.09 bits per heavy atom. The number of aliphatic hydroxyl groups is 1. The molecule has 2 atom stereocenters. The van der Waals surface area contributed by atoms with Crippen LogP contribution in [0.5, 0.6) is 0 Å². The molecule has 0 unspecified atom stereocenters. The molecule has 1 aromatic carbocycles. The predicted octanol–water partition coefficient (Wildman–Crippen LogP) is 1.79. The molecule has 2 aromatic rings. The van der Waals surface area contributed by atoms with Crippen molar-refractivity contribution in [3.05, 3.63) is 53.6 Å². The van der Waals surface area contributed by atoms with Gasteiger partial charge in [-0.15, -0.1) is 0 Å². The molecule has 0 bridgehead atoms. The lowest BCUT2D eigenvalue weighted by Crippen LogP contribution is -2.47. The van der Waals surface area contributed by atoms with Crippen LogP contribution in [0.15, 0.2) is 36.7 Å². The minimum absolute atomic E-state index is 0.0571. The highest BCUT2D eigenvalue weighted by atomic mass is 16.3. The van der Waals surface area contributed by atoms with Crippen molar-refractivity contribution in [1.82, 2.24) is 14.5 Å². The number of likely N-dealkylation sites (tertiary alicyclic amines) is 1. The van der Waals surface area contributed by atoms with Crippen LogP contribution in [-0.2, 0) is 13.5 Å². The quantitative estimate of drug-likeness (QED) is 0.940. The summed E-state index contributed by atoms with van der Waals surface area (Å²) in [5, 5.41) is 10.3. The fourth-order valence-electron chi connectivity index (χ4n) is 3.14. The highest BCUT2D eigenvalue weighted by molar-refractivity contribution is 5.90. The number of piperidine rings is 1. The number of nitrogens with zero attached hydrogens (tertiary/aromatic N) is 3. The van der Waals surface area contributed by atoms with Crippen molar-refractivity contribution < 1.29 is 9.90 Å². The van der Waals surface area contributed by atoms with Crippen LogP contribution in [0, 0.1) is 12.8 Å². The van der Waals surface area contributed by atoms with Crippen LogP contribution in [0.1, 0.15) is 28.2 Å². The van der Waals surface area contributed by atoms with Gasteiger partial charge in [0.1, 0.15) is 0 Å². The molecule has 1 fully saturated rings. The van der Waals surface area contributed by atoms with Gasteiger partial charge < -0.3 is 14.6 Å². The second-order valence-corrected chi connectivity index (χ2v) is 6.42. The number of aromatic nitrogens is 2. The van der Waals surface area contributed by atoms with Crippen LogP contribution in [0.2, 0.25) is 0 Å². The second-order valence-electron chi connectivity index (χ2n) is 6.42. The van der Waals surface area contributed by atoms with Gasteiger partial charge in [0.25, 0.3) is 5.91 Å². The molecule has 0 radical (unpaired) electrons. The summed E-state index contributed by atoms with van der Waals surface area (Å²) in [5.41, 5.74) is 2.43. The number of amides is 1. The lowest BCUT2D eigenvalue weighted by Gasteiger charge is -2.36. The van der Waals surface area contributed by atoms with Gasteiger partial charge in [-0.05, 0) is 25.3 Å². The zero-order chi connectivity index (χ0) is 16.4. The summed E-state index contributed by atoms with van der Waals surface area (Å²) in [5.74, 6) is 0.462. The average molecular weight is 313 g/mol. The molecule has 122 valence electrons. The molecule has 5 nitrogen and oxygen atoms in total. The van der Waals surface area contributed by atoms with Crippen LogP contribution in [0.3, 0.4) is 0 Å². The molecule has 2 heterocycles. The zero-order valence-corrected chi connectivity index (χ0v) is 13.6. The monoisotopic (exact) mass is 313 g/mol. The molecule has 5 heteroatoms. The first-order valence-corrected chi connectivity index (χ1v) is 8.05. The molecule has 1 aromatic heterocycles. The standard InChI is InChI=1S/C18H23N3O2/c1-13-3-5-14(6-4-13)11-15-12-21(9-7-16(15)22)18(23)17-19-8-10-20(17)2/h3-6,8,10,15-16,22H,7,9,11-12H2,1-2H3/t15-,16+/m1/s1. The van der Waals surface area contributed by atoms with Gasteiger partial charge in [-0.2, -0.15) is 0 Å².